The van der Waals surface area contributed by atoms with Gasteiger partial charge in [-0.2, -0.15) is 5.10 Å². The molecule has 1 heterocycles. The number of hydrogen-bond acceptors (Lipinski definition) is 4. The molecule has 0 saturated carbocycles. The van der Waals surface area contributed by atoms with E-state index in [1.165, 1.54) is 16.9 Å². The van der Waals surface area contributed by atoms with Gasteiger partial charge in [0.2, 0.25) is 0 Å². The van der Waals surface area contributed by atoms with Gasteiger partial charge in [-0.05, 0) is 19.1 Å². The van der Waals surface area contributed by atoms with Crippen LogP contribution < -0.4 is 0 Å². The number of rotatable bonds is 4. The van der Waals surface area contributed by atoms with Gasteiger partial charge in [-0.1, -0.05) is 0 Å². The summed E-state index contributed by atoms with van der Waals surface area (Å²) in [7, 11) is 0. The molecule has 19 heavy (non-hydrogen) atoms. The van der Waals surface area contributed by atoms with E-state index in [0.717, 1.165) is 12.1 Å². The minimum absolute atomic E-state index is 0.126. The number of aldehydes is 1. The molecule has 0 aliphatic heterocycles. The summed E-state index contributed by atoms with van der Waals surface area (Å²) in [5, 5.41) is 15.0. The van der Waals surface area contributed by atoms with Crippen LogP contribution in [0.3, 0.4) is 0 Å². The SMILES string of the molecule is CCn1cc(C=O)c(-c2ccc(F)cc2[N+](=O)[O-])n1. The Balaban J connectivity index is 2.67. The third-order valence-electron chi connectivity index (χ3n) is 2.65. The van der Waals surface area contributed by atoms with Crippen molar-refractivity contribution in [3.63, 3.8) is 0 Å². The molecule has 1 aromatic carbocycles. The highest BCUT2D eigenvalue weighted by Gasteiger charge is 2.21. The van der Waals surface area contributed by atoms with Crippen LogP contribution >= 0.6 is 0 Å². The van der Waals surface area contributed by atoms with Crippen molar-refractivity contribution < 1.29 is 14.1 Å². The number of hydrogen-bond donors (Lipinski definition) is 0. The molecule has 0 saturated heterocycles. The summed E-state index contributed by atoms with van der Waals surface area (Å²) < 4.78 is 14.6. The molecule has 0 fully saturated rings. The maximum absolute atomic E-state index is 13.1. The lowest BCUT2D eigenvalue weighted by molar-refractivity contribution is -0.384. The minimum atomic E-state index is -0.710. The van der Waals surface area contributed by atoms with Crippen molar-refractivity contribution in [3.05, 3.63) is 45.9 Å². The smallest absolute Gasteiger partial charge is 0.281 e. The van der Waals surface area contributed by atoms with Crippen molar-refractivity contribution in [1.29, 1.82) is 0 Å². The Morgan fingerprint density at radius 3 is 2.84 bits per heavy atom. The molecule has 0 bridgehead atoms. The molecule has 2 rings (SSSR count). The van der Waals surface area contributed by atoms with E-state index in [-0.39, 0.29) is 16.8 Å². The number of halogens is 1. The zero-order valence-electron chi connectivity index (χ0n) is 10.0. The monoisotopic (exact) mass is 263 g/mol. The third-order valence-corrected chi connectivity index (χ3v) is 2.65. The molecule has 2 aromatic rings. The Labute approximate surface area is 107 Å². The van der Waals surface area contributed by atoms with Gasteiger partial charge in [-0.15, -0.1) is 0 Å². The van der Waals surface area contributed by atoms with Gasteiger partial charge in [-0.3, -0.25) is 19.6 Å². The first-order valence-corrected chi connectivity index (χ1v) is 5.53. The van der Waals surface area contributed by atoms with Crippen molar-refractivity contribution in [2.75, 3.05) is 0 Å². The lowest BCUT2D eigenvalue weighted by Crippen LogP contribution is -1.97. The molecule has 0 aliphatic carbocycles. The van der Waals surface area contributed by atoms with Gasteiger partial charge in [0, 0.05) is 12.7 Å². The Morgan fingerprint density at radius 2 is 2.26 bits per heavy atom. The van der Waals surface area contributed by atoms with E-state index in [2.05, 4.69) is 5.10 Å². The normalized spacial score (nSPS) is 10.4. The van der Waals surface area contributed by atoms with Crippen LogP contribution in [0.15, 0.2) is 24.4 Å². The standard InChI is InChI=1S/C12H10FN3O3/c1-2-15-6-8(7-17)12(14-15)10-4-3-9(13)5-11(10)16(18)19/h3-7H,2H2,1H3. The number of nitro groups is 1. The highest BCUT2D eigenvalue weighted by atomic mass is 19.1. The lowest BCUT2D eigenvalue weighted by atomic mass is 10.1. The fraction of sp³-hybridized carbons (Fsp3) is 0.167. The largest absolute Gasteiger partial charge is 0.298 e. The van der Waals surface area contributed by atoms with Gasteiger partial charge in [0.25, 0.3) is 5.69 Å². The predicted molar refractivity (Wildman–Crippen MR) is 65.3 cm³/mol. The maximum Gasteiger partial charge on any atom is 0.281 e. The van der Waals surface area contributed by atoms with Crippen LogP contribution in [0.5, 0.6) is 0 Å². The van der Waals surface area contributed by atoms with Gasteiger partial charge < -0.3 is 0 Å². The number of carbonyl (C=O) groups excluding carboxylic acids is 1. The number of aryl methyl sites for hydroxylation is 1. The number of benzene rings is 1. The molecule has 0 radical (unpaired) electrons. The van der Waals surface area contributed by atoms with Crippen LogP contribution in [0.1, 0.15) is 17.3 Å². The summed E-state index contributed by atoms with van der Waals surface area (Å²) in [5.41, 5.74) is 0.130. The van der Waals surface area contributed by atoms with Crippen LogP contribution in [0.4, 0.5) is 10.1 Å². The number of nitrogens with zero attached hydrogens (tertiary/aromatic N) is 3. The second-order valence-corrected chi connectivity index (χ2v) is 3.83. The van der Waals surface area contributed by atoms with Gasteiger partial charge >= 0.3 is 0 Å². The van der Waals surface area contributed by atoms with Crippen molar-refractivity contribution in [1.82, 2.24) is 9.78 Å². The van der Waals surface area contributed by atoms with Gasteiger partial charge in [0.15, 0.2) is 6.29 Å². The van der Waals surface area contributed by atoms with E-state index in [1.807, 2.05) is 6.92 Å². The molecule has 98 valence electrons. The highest BCUT2D eigenvalue weighted by Crippen LogP contribution is 2.31. The number of carbonyl (C=O) groups is 1. The van der Waals surface area contributed by atoms with Crippen molar-refractivity contribution in [2.24, 2.45) is 0 Å². The highest BCUT2D eigenvalue weighted by molar-refractivity contribution is 5.88. The minimum Gasteiger partial charge on any atom is -0.298 e. The lowest BCUT2D eigenvalue weighted by Gasteiger charge is -2.01. The van der Waals surface area contributed by atoms with Gasteiger partial charge in [0.05, 0.1) is 22.1 Å². The Bertz CT molecular complexity index is 652. The van der Waals surface area contributed by atoms with Crippen molar-refractivity contribution >= 4 is 12.0 Å². The molecule has 0 spiro atoms. The summed E-state index contributed by atoms with van der Waals surface area (Å²) in [4.78, 5) is 21.2. The van der Waals surface area contributed by atoms with Crippen LogP contribution in [0, 0.1) is 15.9 Å². The fourth-order valence-electron chi connectivity index (χ4n) is 1.75. The van der Waals surface area contributed by atoms with Crippen LogP contribution in [0.25, 0.3) is 11.3 Å². The first-order valence-electron chi connectivity index (χ1n) is 5.53. The molecule has 0 amide bonds. The molecule has 6 nitrogen and oxygen atoms in total. The zero-order valence-corrected chi connectivity index (χ0v) is 10.0. The van der Waals surface area contributed by atoms with Crippen LogP contribution in [-0.4, -0.2) is 21.0 Å². The van der Waals surface area contributed by atoms with E-state index in [9.17, 15) is 19.3 Å². The third kappa shape index (κ3) is 2.35. The predicted octanol–water partition coefficient (Wildman–Crippen LogP) is 2.43. The quantitative estimate of drug-likeness (QED) is 0.482. The topological polar surface area (TPSA) is 78.0 Å². The van der Waals surface area contributed by atoms with Crippen molar-refractivity contribution in [3.8, 4) is 11.3 Å². The summed E-state index contributed by atoms with van der Waals surface area (Å²) in [6.07, 6.45) is 2.07. The molecule has 0 aliphatic rings. The summed E-state index contributed by atoms with van der Waals surface area (Å²) >= 11 is 0. The molecule has 1 aromatic heterocycles. The zero-order chi connectivity index (χ0) is 14.0. The Hall–Kier alpha value is -2.57. The number of nitro benzene ring substituents is 1. The summed E-state index contributed by atoms with van der Waals surface area (Å²) in [6, 6.07) is 3.17. The molecule has 0 atom stereocenters. The van der Waals surface area contributed by atoms with Crippen molar-refractivity contribution in [2.45, 2.75) is 13.5 Å². The Morgan fingerprint density at radius 1 is 1.53 bits per heavy atom. The van der Waals surface area contributed by atoms with Crippen LogP contribution in [-0.2, 0) is 6.54 Å². The Kier molecular flexibility index (Phi) is 3.37. The average Bonchev–Trinajstić information content (AvgIpc) is 2.81. The molecular weight excluding hydrogens is 253 g/mol. The van der Waals surface area contributed by atoms with Gasteiger partial charge in [-0.25, -0.2) is 4.39 Å². The summed E-state index contributed by atoms with van der Waals surface area (Å²) in [6.45, 7) is 2.35. The second-order valence-electron chi connectivity index (χ2n) is 3.83. The fourth-order valence-corrected chi connectivity index (χ4v) is 1.75. The van der Waals surface area contributed by atoms with E-state index in [1.54, 1.807) is 0 Å². The van der Waals surface area contributed by atoms with E-state index >= 15 is 0 Å². The first kappa shape index (κ1) is 12.9. The first-order chi connectivity index (χ1) is 9.06. The molecule has 0 unspecified atom stereocenters. The second kappa shape index (κ2) is 4.97. The average molecular weight is 263 g/mol. The van der Waals surface area contributed by atoms with E-state index < -0.39 is 16.4 Å². The summed E-state index contributed by atoms with van der Waals surface area (Å²) in [5.74, 6) is -0.710. The maximum atomic E-state index is 13.1. The van der Waals surface area contributed by atoms with E-state index in [4.69, 9.17) is 0 Å². The molecular formula is C12H10FN3O3. The van der Waals surface area contributed by atoms with Gasteiger partial charge in [0.1, 0.15) is 11.5 Å². The molecule has 0 N–H and O–H groups in total. The molecule has 7 heteroatoms. The van der Waals surface area contributed by atoms with Crippen LogP contribution in [0.2, 0.25) is 0 Å². The number of aromatic nitrogens is 2. The van der Waals surface area contributed by atoms with E-state index in [0.29, 0.717) is 12.8 Å².